The van der Waals surface area contributed by atoms with E-state index in [4.69, 9.17) is 11.6 Å². The summed E-state index contributed by atoms with van der Waals surface area (Å²) in [5, 5.41) is 0.760. The van der Waals surface area contributed by atoms with Gasteiger partial charge in [0.15, 0.2) is 0 Å². The number of hydrogen-bond acceptors (Lipinski definition) is 2. The Balaban J connectivity index is 1.84. The molecule has 0 aliphatic carbocycles. The van der Waals surface area contributed by atoms with Gasteiger partial charge in [-0.2, -0.15) is 0 Å². The van der Waals surface area contributed by atoms with Crippen molar-refractivity contribution in [3.05, 3.63) is 95.1 Å². The summed E-state index contributed by atoms with van der Waals surface area (Å²) in [6, 6.07) is 24.4. The van der Waals surface area contributed by atoms with Crippen molar-refractivity contribution in [1.82, 2.24) is 4.98 Å². The van der Waals surface area contributed by atoms with Crippen LogP contribution in [0.3, 0.4) is 0 Å². The van der Waals surface area contributed by atoms with Gasteiger partial charge in [0.1, 0.15) is 5.82 Å². The molecular formula is C19H17ClN2. The molecule has 0 aliphatic heterocycles. The number of nitrogens with zero attached hydrogens (tertiary/aromatic N) is 2. The van der Waals surface area contributed by atoms with E-state index in [1.165, 1.54) is 11.1 Å². The Morgan fingerprint density at radius 1 is 0.727 bits per heavy atom. The first-order valence-electron chi connectivity index (χ1n) is 7.25. The third kappa shape index (κ3) is 3.86. The zero-order chi connectivity index (χ0) is 15.2. The van der Waals surface area contributed by atoms with Gasteiger partial charge in [0, 0.05) is 24.3 Å². The van der Waals surface area contributed by atoms with Gasteiger partial charge in [-0.15, -0.1) is 0 Å². The van der Waals surface area contributed by atoms with Crippen LogP contribution in [0.25, 0.3) is 0 Å². The topological polar surface area (TPSA) is 16.1 Å². The number of hydrogen-bond donors (Lipinski definition) is 0. The molecule has 1 heterocycles. The lowest BCUT2D eigenvalue weighted by Gasteiger charge is -2.24. The van der Waals surface area contributed by atoms with E-state index in [0.29, 0.717) is 0 Å². The quantitative estimate of drug-likeness (QED) is 0.663. The SMILES string of the molecule is Clc1ccc(CN(Cc2ccccc2)c2ccccn2)cc1. The van der Waals surface area contributed by atoms with E-state index in [2.05, 4.69) is 46.3 Å². The van der Waals surface area contributed by atoms with Gasteiger partial charge in [0.25, 0.3) is 0 Å². The fraction of sp³-hybridized carbons (Fsp3) is 0.105. The first kappa shape index (κ1) is 14.6. The maximum atomic E-state index is 5.97. The van der Waals surface area contributed by atoms with E-state index in [0.717, 1.165) is 23.9 Å². The van der Waals surface area contributed by atoms with Crippen molar-refractivity contribution in [2.45, 2.75) is 13.1 Å². The first-order valence-corrected chi connectivity index (χ1v) is 7.63. The van der Waals surface area contributed by atoms with Gasteiger partial charge in [-0.3, -0.25) is 0 Å². The Hall–Kier alpha value is -2.32. The van der Waals surface area contributed by atoms with Crippen molar-refractivity contribution < 1.29 is 0 Å². The molecule has 0 fully saturated rings. The van der Waals surface area contributed by atoms with Crippen LogP contribution in [-0.2, 0) is 13.1 Å². The number of rotatable bonds is 5. The zero-order valence-corrected chi connectivity index (χ0v) is 12.9. The van der Waals surface area contributed by atoms with Crippen LogP contribution in [0.1, 0.15) is 11.1 Å². The third-order valence-corrected chi connectivity index (χ3v) is 3.73. The van der Waals surface area contributed by atoms with Crippen LogP contribution in [0.15, 0.2) is 79.0 Å². The average Bonchev–Trinajstić information content (AvgIpc) is 2.58. The Kier molecular flexibility index (Phi) is 4.71. The second kappa shape index (κ2) is 7.10. The Bertz CT molecular complexity index is 697. The molecule has 110 valence electrons. The molecule has 1 aromatic heterocycles. The highest BCUT2D eigenvalue weighted by Crippen LogP contribution is 2.18. The summed E-state index contributed by atoms with van der Waals surface area (Å²) in [6.07, 6.45) is 1.83. The smallest absolute Gasteiger partial charge is 0.129 e. The molecule has 22 heavy (non-hydrogen) atoms. The maximum Gasteiger partial charge on any atom is 0.129 e. The second-order valence-electron chi connectivity index (χ2n) is 5.16. The molecule has 3 rings (SSSR count). The highest BCUT2D eigenvalue weighted by Gasteiger charge is 2.09. The van der Waals surface area contributed by atoms with E-state index in [1.54, 1.807) is 0 Å². The molecule has 0 bridgehead atoms. The lowest BCUT2D eigenvalue weighted by molar-refractivity contribution is 0.783. The van der Waals surface area contributed by atoms with E-state index >= 15 is 0 Å². The molecule has 0 spiro atoms. The summed E-state index contributed by atoms with van der Waals surface area (Å²) in [5.41, 5.74) is 2.48. The van der Waals surface area contributed by atoms with Crippen LogP contribution in [0.2, 0.25) is 5.02 Å². The van der Waals surface area contributed by atoms with Crippen LogP contribution in [0.5, 0.6) is 0 Å². The van der Waals surface area contributed by atoms with Crippen molar-refractivity contribution in [1.29, 1.82) is 0 Å². The minimum Gasteiger partial charge on any atom is -0.348 e. The monoisotopic (exact) mass is 308 g/mol. The van der Waals surface area contributed by atoms with Crippen LogP contribution < -0.4 is 4.90 Å². The molecule has 0 amide bonds. The van der Waals surface area contributed by atoms with E-state index < -0.39 is 0 Å². The Morgan fingerprint density at radius 2 is 1.36 bits per heavy atom. The zero-order valence-electron chi connectivity index (χ0n) is 12.2. The van der Waals surface area contributed by atoms with Gasteiger partial charge in [0.2, 0.25) is 0 Å². The summed E-state index contributed by atoms with van der Waals surface area (Å²) in [5.74, 6) is 0.973. The molecule has 0 N–H and O–H groups in total. The summed E-state index contributed by atoms with van der Waals surface area (Å²) < 4.78 is 0. The summed E-state index contributed by atoms with van der Waals surface area (Å²) >= 11 is 5.97. The van der Waals surface area contributed by atoms with Gasteiger partial charge in [0.05, 0.1) is 0 Å². The standard InChI is InChI=1S/C19H17ClN2/c20-18-11-9-17(10-12-18)15-22(19-8-4-5-13-21-19)14-16-6-2-1-3-7-16/h1-13H,14-15H2. The molecule has 0 atom stereocenters. The Labute approximate surface area is 136 Å². The fourth-order valence-electron chi connectivity index (χ4n) is 2.37. The van der Waals surface area contributed by atoms with Crippen molar-refractivity contribution in [3.8, 4) is 0 Å². The van der Waals surface area contributed by atoms with Crippen molar-refractivity contribution in [2.75, 3.05) is 4.90 Å². The molecule has 2 aromatic carbocycles. The van der Waals surface area contributed by atoms with Gasteiger partial charge in [-0.25, -0.2) is 4.98 Å². The van der Waals surface area contributed by atoms with Crippen LogP contribution in [0.4, 0.5) is 5.82 Å². The van der Waals surface area contributed by atoms with Crippen molar-refractivity contribution in [2.24, 2.45) is 0 Å². The van der Waals surface area contributed by atoms with Gasteiger partial charge < -0.3 is 4.90 Å². The lowest BCUT2D eigenvalue weighted by Crippen LogP contribution is -2.23. The normalized spacial score (nSPS) is 10.4. The lowest BCUT2D eigenvalue weighted by atomic mass is 10.1. The molecule has 0 unspecified atom stereocenters. The fourth-order valence-corrected chi connectivity index (χ4v) is 2.50. The second-order valence-corrected chi connectivity index (χ2v) is 5.59. The molecule has 2 nitrogen and oxygen atoms in total. The first-order chi connectivity index (χ1) is 10.8. The largest absolute Gasteiger partial charge is 0.348 e. The average molecular weight is 309 g/mol. The number of aromatic nitrogens is 1. The predicted octanol–water partition coefficient (Wildman–Crippen LogP) is 4.94. The summed E-state index contributed by atoms with van der Waals surface area (Å²) in [4.78, 5) is 6.75. The minimum atomic E-state index is 0.760. The number of halogens is 1. The predicted molar refractivity (Wildman–Crippen MR) is 92.0 cm³/mol. The molecule has 3 aromatic rings. The molecule has 0 saturated carbocycles. The number of benzene rings is 2. The van der Waals surface area contributed by atoms with E-state index in [1.807, 2.05) is 42.6 Å². The molecule has 0 aliphatic rings. The molecule has 3 heteroatoms. The molecule has 0 saturated heterocycles. The van der Waals surface area contributed by atoms with Gasteiger partial charge in [-0.05, 0) is 35.4 Å². The number of anilines is 1. The van der Waals surface area contributed by atoms with E-state index in [-0.39, 0.29) is 0 Å². The number of pyridine rings is 1. The highest BCUT2D eigenvalue weighted by atomic mass is 35.5. The van der Waals surface area contributed by atoms with Crippen LogP contribution >= 0.6 is 11.6 Å². The van der Waals surface area contributed by atoms with Gasteiger partial charge in [-0.1, -0.05) is 60.1 Å². The van der Waals surface area contributed by atoms with E-state index in [9.17, 15) is 0 Å². The van der Waals surface area contributed by atoms with Gasteiger partial charge >= 0.3 is 0 Å². The van der Waals surface area contributed by atoms with Crippen LogP contribution in [-0.4, -0.2) is 4.98 Å². The van der Waals surface area contributed by atoms with Crippen molar-refractivity contribution >= 4 is 17.4 Å². The Morgan fingerprint density at radius 3 is 2.00 bits per heavy atom. The highest BCUT2D eigenvalue weighted by molar-refractivity contribution is 6.30. The van der Waals surface area contributed by atoms with Crippen LogP contribution in [0, 0.1) is 0 Å². The molecule has 0 radical (unpaired) electrons. The third-order valence-electron chi connectivity index (χ3n) is 3.48. The summed E-state index contributed by atoms with van der Waals surface area (Å²) in [6.45, 7) is 1.61. The maximum absolute atomic E-state index is 5.97. The molecular weight excluding hydrogens is 292 g/mol. The minimum absolute atomic E-state index is 0.760. The van der Waals surface area contributed by atoms with Crippen molar-refractivity contribution in [3.63, 3.8) is 0 Å². The summed E-state index contributed by atoms with van der Waals surface area (Å²) in [7, 11) is 0.